The van der Waals surface area contributed by atoms with Gasteiger partial charge in [0.15, 0.2) is 0 Å². The zero-order valence-corrected chi connectivity index (χ0v) is 13.7. The van der Waals surface area contributed by atoms with Crippen LogP contribution in [-0.4, -0.2) is 20.8 Å². The van der Waals surface area contributed by atoms with Gasteiger partial charge in [0.25, 0.3) is 0 Å². The van der Waals surface area contributed by atoms with Crippen molar-refractivity contribution in [2.75, 3.05) is 20.8 Å². The Morgan fingerprint density at radius 2 is 1.86 bits per heavy atom. The van der Waals surface area contributed by atoms with Crippen molar-refractivity contribution in [2.45, 2.75) is 25.8 Å². The molecule has 1 atom stereocenters. The number of benzene rings is 1. The molecule has 1 aromatic carbocycles. The largest absolute Gasteiger partial charge is 0.497 e. The van der Waals surface area contributed by atoms with Crippen molar-refractivity contribution in [3.05, 3.63) is 46.2 Å². The lowest BCUT2D eigenvalue weighted by molar-refractivity contribution is 0.391. The summed E-state index contributed by atoms with van der Waals surface area (Å²) >= 11 is 1.80. The molecular weight excluding hydrogens is 282 g/mol. The van der Waals surface area contributed by atoms with E-state index in [-0.39, 0.29) is 6.04 Å². The van der Waals surface area contributed by atoms with Crippen molar-refractivity contribution in [1.29, 1.82) is 0 Å². The van der Waals surface area contributed by atoms with Crippen molar-refractivity contribution in [2.24, 2.45) is 0 Å². The van der Waals surface area contributed by atoms with E-state index in [4.69, 9.17) is 9.47 Å². The topological polar surface area (TPSA) is 30.5 Å². The number of ether oxygens (including phenoxy) is 2. The van der Waals surface area contributed by atoms with Crippen LogP contribution in [-0.2, 0) is 6.42 Å². The fraction of sp³-hybridized carbons (Fsp3) is 0.412. The highest BCUT2D eigenvalue weighted by atomic mass is 32.1. The Morgan fingerprint density at radius 1 is 1.14 bits per heavy atom. The van der Waals surface area contributed by atoms with Crippen LogP contribution in [0.2, 0.25) is 0 Å². The number of methoxy groups -OCH3 is 2. The van der Waals surface area contributed by atoms with Crippen LogP contribution < -0.4 is 14.8 Å². The molecule has 0 radical (unpaired) electrons. The molecule has 21 heavy (non-hydrogen) atoms. The van der Waals surface area contributed by atoms with Crippen LogP contribution in [0.3, 0.4) is 0 Å². The van der Waals surface area contributed by atoms with Gasteiger partial charge in [0.05, 0.1) is 14.2 Å². The third-order valence-corrected chi connectivity index (χ3v) is 4.30. The van der Waals surface area contributed by atoms with Gasteiger partial charge in [-0.05, 0) is 42.1 Å². The second-order valence-corrected chi connectivity index (χ2v) is 5.97. The van der Waals surface area contributed by atoms with Crippen LogP contribution in [0.4, 0.5) is 0 Å². The maximum atomic E-state index is 5.38. The lowest BCUT2D eigenvalue weighted by Crippen LogP contribution is -2.24. The van der Waals surface area contributed by atoms with Crippen LogP contribution in [0.1, 0.15) is 29.8 Å². The first-order valence-electron chi connectivity index (χ1n) is 7.25. The van der Waals surface area contributed by atoms with E-state index < -0.39 is 0 Å². The number of hydrogen-bond acceptors (Lipinski definition) is 4. The molecule has 0 spiro atoms. The molecular formula is C17H23NO2S. The molecule has 2 rings (SSSR count). The van der Waals surface area contributed by atoms with Crippen LogP contribution in [0.25, 0.3) is 0 Å². The summed E-state index contributed by atoms with van der Waals surface area (Å²) in [5, 5.41) is 5.75. The second-order valence-electron chi connectivity index (χ2n) is 4.94. The molecule has 0 aliphatic heterocycles. The molecule has 0 aliphatic carbocycles. The van der Waals surface area contributed by atoms with Gasteiger partial charge in [-0.1, -0.05) is 13.0 Å². The van der Waals surface area contributed by atoms with Crippen molar-refractivity contribution in [1.82, 2.24) is 5.32 Å². The fourth-order valence-corrected chi connectivity index (χ4v) is 3.04. The minimum absolute atomic E-state index is 0.271. The number of rotatable bonds is 8. The van der Waals surface area contributed by atoms with Gasteiger partial charge in [-0.25, -0.2) is 0 Å². The molecule has 1 unspecified atom stereocenters. The van der Waals surface area contributed by atoms with Crippen LogP contribution in [0.5, 0.6) is 11.5 Å². The Kier molecular flexibility index (Phi) is 6.08. The van der Waals surface area contributed by atoms with E-state index in [0.29, 0.717) is 0 Å². The number of thiophene rings is 1. The Labute approximate surface area is 130 Å². The first-order valence-corrected chi connectivity index (χ1v) is 8.13. The number of nitrogens with one attached hydrogen (secondary N) is 1. The van der Waals surface area contributed by atoms with E-state index in [2.05, 4.69) is 41.9 Å². The van der Waals surface area contributed by atoms with Crippen LogP contribution in [0, 0.1) is 0 Å². The van der Waals surface area contributed by atoms with E-state index in [9.17, 15) is 0 Å². The quantitative estimate of drug-likeness (QED) is 0.798. The Balaban J connectivity index is 2.25. The highest BCUT2D eigenvalue weighted by molar-refractivity contribution is 7.09. The second kappa shape index (κ2) is 8.05. The van der Waals surface area contributed by atoms with E-state index in [0.717, 1.165) is 30.9 Å². The average Bonchev–Trinajstić information content (AvgIpc) is 3.03. The fourth-order valence-electron chi connectivity index (χ4n) is 2.29. The smallest absolute Gasteiger partial charge is 0.122 e. The Bertz CT molecular complexity index is 517. The lowest BCUT2D eigenvalue weighted by atomic mass is 10.0. The van der Waals surface area contributed by atoms with Gasteiger partial charge < -0.3 is 14.8 Å². The predicted molar refractivity (Wildman–Crippen MR) is 88.6 cm³/mol. The zero-order valence-electron chi connectivity index (χ0n) is 12.9. The van der Waals surface area contributed by atoms with E-state index in [1.807, 2.05) is 6.07 Å². The minimum atomic E-state index is 0.271. The molecule has 0 saturated heterocycles. The third kappa shape index (κ3) is 4.48. The van der Waals surface area contributed by atoms with Crippen molar-refractivity contribution >= 4 is 11.3 Å². The summed E-state index contributed by atoms with van der Waals surface area (Å²) in [5.74, 6) is 1.66. The van der Waals surface area contributed by atoms with Gasteiger partial charge in [0.2, 0.25) is 0 Å². The van der Waals surface area contributed by atoms with E-state index in [1.54, 1.807) is 25.6 Å². The molecule has 1 N–H and O–H groups in total. The van der Waals surface area contributed by atoms with E-state index in [1.165, 1.54) is 10.4 Å². The molecule has 0 amide bonds. The summed E-state index contributed by atoms with van der Waals surface area (Å²) in [6, 6.07) is 10.6. The molecule has 0 fully saturated rings. The van der Waals surface area contributed by atoms with Gasteiger partial charge in [0.1, 0.15) is 11.5 Å². The van der Waals surface area contributed by atoms with Gasteiger partial charge >= 0.3 is 0 Å². The zero-order chi connectivity index (χ0) is 15.1. The maximum absolute atomic E-state index is 5.38. The molecule has 4 heteroatoms. The standard InChI is InChI=1S/C17H23NO2S/c1-4-7-18-17(12-16-6-5-8-21-16)13-9-14(19-2)11-15(10-13)20-3/h5-6,8-11,17-18H,4,7,12H2,1-3H3. The van der Waals surface area contributed by atoms with Crippen LogP contribution in [0.15, 0.2) is 35.7 Å². The summed E-state index contributed by atoms with van der Waals surface area (Å²) < 4.78 is 10.8. The first kappa shape index (κ1) is 15.9. The SMILES string of the molecule is CCCNC(Cc1cccs1)c1cc(OC)cc(OC)c1. The predicted octanol–water partition coefficient (Wildman–Crippen LogP) is 4.05. The first-order chi connectivity index (χ1) is 10.3. The summed E-state index contributed by atoms with van der Waals surface area (Å²) in [6.07, 6.45) is 2.09. The van der Waals surface area contributed by atoms with Crippen molar-refractivity contribution in [3.63, 3.8) is 0 Å². The average molecular weight is 305 g/mol. The van der Waals surface area contributed by atoms with Crippen molar-refractivity contribution < 1.29 is 9.47 Å². The maximum Gasteiger partial charge on any atom is 0.122 e. The van der Waals surface area contributed by atoms with E-state index >= 15 is 0 Å². The van der Waals surface area contributed by atoms with Gasteiger partial charge in [-0.3, -0.25) is 0 Å². The summed E-state index contributed by atoms with van der Waals surface area (Å²) in [6.45, 7) is 3.18. The third-order valence-electron chi connectivity index (χ3n) is 3.40. The van der Waals surface area contributed by atoms with Crippen molar-refractivity contribution in [3.8, 4) is 11.5 Å². The summed E-state index contributed by atoms with van der Waals surface area (Å²) in [5.41, 5.74) is 1.20. The molecule has 114 valence electrons. The molecule has 1 aromatic heterocycles. The molecule has 2 aromatic rings. The lowest BCUT2D eigenvalue weighted by Gasteiger charge is -2.20. The Morgan fingerprint density at radius 3 is 2.38 bits per heavy atom. The molecule has 3 nitrogen and oxygen atoms in total. The Hall–Kier alpha value is -1.52. The van der Waals surface area contributed by atoms with Gasteiger partial charge in [-0.15, -0.1) is 11.3 Å². The monoisotopic (exact) mass is 305 g/mol. The molecule has 0 aliphatic rings. The minimum Gasteiger partial charge on any atom is -0.497 e. The molecule has 0 bridgehead atoms. The summed E-state index contributed by atoms with van der Waals surface area (Å²) in [4.78, 5) is 1.38. The summed E-state index contributed by atoms with van der Waals surface area (Å²) in [7, 11) is 3.37. The molecule has 1 heterocycles. The molecule has 0 saturated carbocycles. The normalized spacial score (nSPS) is 12.1. The van der Waals surface area contributed by atoms with Crippen LogP contribution >= 0.6 is 11.3 Å². The highest BCUT2D eigenvalue weighted by Gasteiger charge is 2.14. The van der Waals surface area contributed by atoms with Gasteiger partial charge in [-0.2, -0.15) is 0 Å². The highest BCUT2D eigenvalue weighted by Crippen LogP contribution is 2.29. The van der Waals surface area contributed by atoms with Gasteiger partial charge in [0, 0.05) is 23.4 Å². The number of hydrogen-bond donors (Lipinski definition) is 1.